The Bertz CT molecular complexity index is 570. The van der Waals surface area contributed by atoms with Gasteiger partial charge in [0.1, 0.15) is 0 Å². The van der Waals surface area contributed by atoms with E-state index in [1.54, 1.807) is 37.2 Å². The molecule has 0 aromatic heterocycles. The summed E-state index contributed by atoms with van der Waals surface area (Å²) in [6, 6.07) is 0. The molecule has 0 fully saturated rings. The van der Waals surface area contributed by atoms with Gasteiger partial charge in [-0.15, -0.1) is 22.2 Å². The summed E-state index contributed by atoms with van der Waals surface area (Å²) in [5, 5.41) is 17.1. The second-order valence-corrected chi connectivity index (χ2v) is 14.7. The van der Waals surface area contributed by atoms with Gasteiger partial charge in [-0.05, 0) is 41.5 Å². The molecule has 0 saturated carbocycles. The van der Waals surface area contributed by atoms with Crippen molar-refractivity contribution >= 4 is 12.4 Å². The molecule has 37 heavy (non-hydrogen) atoms. The van der Waals surface area contributed by atoms with Crippen LogP contribution in [-0.2, 0) is 21.7 Å². The van der Waals surface area contributed by atoms with Crippen molar-refractivity contribution in [2.45, 2.75) is 158 Å². The van der Waals surface area contributed by atoms with Crippen molar-refractivity contribution < 1.29 is 21.7 Å². The summed E-state index contributed by atoms with van der Waals surface area (Å²) in [5.74, 6) is 0. The topological polar surface area (TPSA) is 81.1 Å². The average molecular weight is 553 g/mol. The van der Waals surface area contributed by atoms with Crippen LogP contribution in [-0.4, -0.2) is 45.7 Å². The first-order valence-electron chi connectivity index (χ1n) is 12.9. The van der Waals surface area contributed by atoms with Gasteiger partial charge in [0.05, 0.1) is 11.1 Å². The number of hydrogen-bond donors (Lipinski definition) is 0. The van der Waals surface area contributed by atoms with Crippen molar-refractivity contribution in [1.82, 2.24) is 0 Å². The molecule has 6 nitrogen and oxygen atoms in total. The Labute approximate surface area is 247 Å². The van der Waals surface area contributed by atoms with Gasteiger partial charge in [0.2, 0.25) is 0 Å². The van der Waals surface area contributed by atoms with Gasteiger partial charge in [0, 0.05) is 12.4 Å². The van der Waals surface area contributed by atoms with Crippen LogP contribution in [0.1, 0.15) is 125 Å². The van der Waals surface area contributed by atoms with Crippen LogP contribution in [0.25, 0.3) is 21.3 Å². The molecule has 0 spiro atoms. The minimum Gasteiger partial charge on any atom is -0.687 e. The molecule has 0 heterocycles. The number of nitrogens with zero attached hydrogens (tertiary/aromatic N) is 6. The Balaban J connectivity index is -0.000000218. The molecule has 0 aliphatic rings. The van der Waals surface area contributed by atoms with E-state index >= 15 is 0 Å². The molecular weight excluding hydrogens is 492 g/mol. The summed E-state index contributed by atoms with van der Waals surface area (Å²) < 4.78 is 0. The molecule has 214 valence electrons. The molecule has 0 aliphatic heterocycles. The van der Waals surface area contributed by atoms with Crippen LogP contribution in [0.2, 0.25) is 0 Å². The van der Waals surface area contributed by atoms with Crippen LogP contribution in [0.4, 0.5) is 0 Å². The zero-order valence-corrected chi connectivity index (χ0v) is 29.2. The zero-order chi connectivity index (χ0) is 29.5. The molecule has 0 bridgehead atoms. The summed E-state index contributed by atoms with van der Waals surface area (Å²) in [6.45, 7) is 37.2. The van der Waals surface area contributed by atoms with E-state index in [1.807, 2.05) is 0 Å². The maximum Gasteiger partial charge on any atom is 4.00 e. The third-order valence-corrected chi connectivity index (χ3v) is 2.97. The fourth-order valence-corrected chi connectivity index (χ4v) is 1.54. The van der Waals surface area contributed by atoms with Gasteiger partial charge in [-0.1, -0.05) is 83.1 Å². The molecule has 0 radical (unpaired) electrons. The van der Waals surface area contributed by atoms with E-state index in [4.69, 9.17) is 0 Å². The van der Waals surface area contributed by atoms with E-state index in [0.717, 1.165) is 0 Å². The van der Waals surface area contributed by atoms with Crippen molar-refractivity contribution in [3.8, 4) is 0 Å². The maximum atomic E-state index is 4.29. The number of aliphatic imine (C=N–C) groups is 2. The van der Waals surface area contributed by atoms with Crippen LogP contribution in [0, 0.1) is 0 Å². The zero-order valence-electron chi connectivity index (χ0n) is 27.6. The van der Waals surface area contributed by atoms with Crippen LogP contribution in [0.5, 0.6) is 0 Å². The fraction of sp³-hybridized carbons (Fsp3) is 0.800. The molecule has 0 unspecified atom stereocenters. The third-order valence-electron chi connectivity index (χ3n) is 2.97. The van der Waals surface area contributed by atoms with Crippen molar-refractivity contribution in [3.05, 3.63) is 46.1 Å². The maximum absolute atomic E-state index is 4.29. The molecule has 0 atom stereocenters. The molecule has 0 saturated heterocycles. The number of rotatable bonds is 5. The monoisotopic (exact) mass is 552 g/mol. The second-order valence-electron chi connectivity index (χ2n) is 14.7. The summed E-state index contributed by atoms with van der Waals surface area (Å²) in [5.41, 5.74) is 0.0232. The van der Waals surface area contributed by atoms with Gasteiger partial charge >= 0.3 is 21.7 Å². The summed E-state index contributed by atoms with van der Waals surface area (Å²) in [4.78, 5) is 8.57. The van der Waals surface area contributed by atoms with Gasteiger partial charge in [0.25, 0.3) is 0 Å². The minimum atomic E-state index is 0. The van der Waals surface area contributed by atoms with Crippen molar-refractivity contribution in [3.63, 3.8) is 0 Å². The van der Waals surface area contributed by atoms with Crippen LogP contribution in [0.3, 0.4) is 0 Å². The van der Waals surface area contributed by atoms with E-state index in [2.05, 4.69) is 156 Å². The third kappa shape index (κ3) is 56.2. The van der Waals surface area contributed by atoms with Crippen LogP contribution < -0.4 is 0 Å². The van der Waals surface area contributed by atoms with E-state index in [0.29, 0.717) is 0 Å². The van der Waals surface area contributed by atoms with Crippen LogP contribution in [0.15, 0.2) is 34.8 Å². The molecule has 0 N–H and O–H groups in total. The quantitative estimate of drug-likeness (QED) is 0.240. The predicted octanol–water partition coefficient (Wildman–Crippen LogP) is 10.3. The van der Waals surface area contributed by atoms with Crippen molar-refractivity contribution in [1.29, 1.82) is 0 Å². The Kier molecular flexibility index (Phi) is 20.9. The number of hydrogen-bond acceptors (Lipinski definition) is 2. The van der Waals surface area contributed by atoms with Gasteiger partial charge in [-0.3, -0.25) is 9.98 Å². The van der Waals surface area contributed by atoms with Crippen LogP contribution >= 0.6 is 0 Å². The SMILES string of the molecule is CC(C)(C)N=CC=NC(C)(C)C.CC(C)(C)[N-]C=C[N-]C(C)(C)C.CC(C)(C)[N-]C=C[N-]C(C)(C)C.[Ti+4]. The molecular formula is C30H60N6Ti. The summed E-state index contributed by atoms with van der Waals surface area (Å²) in [7, 11) is 0. The Morgan fingerprint density at radius 3 is 0.622 bits per heavy atom. The fourth-order valence-electron chi connectivity index (χ4n) is 1.54. The summed E-state index contributed by atoms with van der Waals surface area (Å²) in [6.07, 6.45) is 10.6. The molecule has 7 heteroatoms. The molecule has 0 aliphatic carbocycles. The van der Waals surface area contributed by atoms with Gasteiger partial charge < -0.3 is 21.3 Å². The van der Waals surface area contributed by atoms with Gasteiger partial charge in [-0.2, -0.15) is 0 Å². The van der Waals surface area contributed by atoms with E-state index < -0.39 is 0 Å². The van der Waals surface area contributed by atoms with Gasteiger partial charge in [-0.25, -0.2) is 24.8 Å². The Hall–Kier alpha value is -1.27. The summed E-state index contributed by atoms with van der Waals surface area (Å²) >= 11 is 0. The Morgan fingerprint density at radius 1 is 0.351 bits per heavy atom. The van der Waals surface area contributed by atoms with E-state index in [9.17, 15) is 0 Å². The first-order chi connectivity index (χ1) is 15.6. The predicted molar refractivity (Wildman–Crippen MR) is 167 cm³/mol. The normalized spacial score (nSPS) is 13.6. The van der Waals surface area contributed by atoms with Crippen molar-refractivity contribution in [2.75, 3.05) is 0 Å². The molecule has 0 aromatic rings. The Morgan fingerprint density at radius 2 is 0.514 bits per heavy atom. The average Bonchev–Trinajstić information content (AvgIpc) is 2.56. The second kappa shape index (κ2) is 18.1. The molecule has 0 amide bonds. The first-order valence-corrected chi connectivity index (χ1v) is 12.9. The minimum absolute atomic E-state index is 0. The largest absolute Gasteiger partial charge is 4.00 e. The first kappa shape index (κ1) is 42.8. The molecule has 0 aromatic carbocycles. The van der Waals surface area contributed by atoms with E-state index in [-0.39, 0.29) is 55.0 Å². The van der Waals surface area contributed by atoms with E-state index in [1.165, 1.54) is 0 Å². The smallest absolute Gasteiger partial charge is 0.687 e. The van der Waals surface area contributed by atoms with Gasteiger partial charge in [0.15, 0.2) is 0 Å². The van der Waals surface area contributed by atoms with Crippen molar-refractivity contribution in [2.24, 2.45) is 9.98 Å². The molecule has 0 rings (SSSR count). The standard InChI is InChI=1S/3C10H20N2.Ti/c3*1-9(2,3)11-7-8-12-10(4,5)6;/h3*7-8H,1-6H3;/q;2*-2;+4.